The zero-order chi connectivity index (χ0) is 18.6. The van der Waals surface area contributed by atoms with Crippen molar-refractivity contribution in [2.24, 2.45) is 0 Å². The summed E-state index contributed by atoms with van der Waals surface area (Å²) in [7, 11) is 1.69. The van der Waals surface area contributed by atoms with Crippen LogP contribution in [0.5, 0.6) is 5.75 Å². The number of carbonyl (C=O) groups excluding carboxylic acids is 1. The quantitative estimate of drug-likeness (QED) is 0.639. The number of halogens is 1. The summed E-state index contributed by atoms with van der Waals surface area (Å²) < 4.78 is 6.45. The Morgan fingerprint density at radius 3 is 2.79 bits per heavy atom. The highest BCUT2D eigenvalue weighted by Crippen LogP contribution is 2.31. The summed E-state index contributed by atoms with van der Waals surface area (Å²) in [5, 5.41) is 5.99. The van der Waals surface area contributed by atoms with Crippen molar-refractivity contribution in [3.8, 4) is 5.75 Å². The average molecular weight is 439 g/mol. The van der Waals surface area contributed by atoms with Crippen molar-refractivity contribution in [2.75, 3.05) is 51.3 Å². The number of carbonyl (C=O) groups is 1. The molecule has 0 unspecified atom stereocenters. The first kappa shape index (κ1) is 20.9. The fourth-order valence-corrected chi connectivity index (χ4v) is 4.83. The summed E-state index contributed by atoms with van der Waals surface area (Å²) >= 11 is 3.19. The van der Waals surface area contributed by atoms with Crippen LogP contribution in [-0.4, -0.2) is 62.2 Å². The van der Waals surface area contributed by atoms with E-state index in [-0.39, 0.29) is 18.3 Å². The second-order valence-electron chi connectivity index (χ2n) is 6.39. The molecule has 1 fully saturated rings. The highest BCUT2D eigenvalue weighted by atomic mass is 35.5. The monoisotopic (exact) mass is 438 g/mol. The predicted molar refractivity (Wildman–Crippen MR) is 119 cm³/mol. The highest BCUT2D eigenvalue weighted by Gasteiger charge is 2.20. The van der Waals surface area contributed by atoms with Gasteiger partial charge in [-0.25, -0.2) is 4.98 Å². The Kier molecular flexibility index (Phi) is 7.12. The summed E-state index contributed by atoms with van der Waals surface area (Å²) in [5.74, 6) is 0.889. The Morgan fingerprint density at radius 1 is 1.25 bits per heavy atom. The van der Waals surface area contributed by atoms with Crippen LogP contribution < -0.4 is 15.0 Å². The van der Waals surface area contributed by atoms with E-state index in [1.807, 2.05) is 35.7 Å². The summed E-state index contributed by atoms with van der Waals surface area (Å²) in [6.45, 7) is 5.42. The number of aromatic nitrogens is 1. The van der Waals surface area contributed by atoms with E-state index in [2.05, 4.69) is 15.1 Å². The molecule has 1 N–H and O–H groups in total. The van der Waals surface area contributed by atoms with Gasteiger partial charge in [-0.1, -0.05) is 17.4 Å². The Bertz CT molecular complexity index is 908. The van der Waals surface area contributed by atoms with Crippen LogP contribution in [0.1, 0.15) is 9.67 Å². The number of piperazine rings is 1. The third-order valence-electron chi connectivity index (χ3n) is 4.69. The minimum absolute atomic E-state index is 0. The molecule has 1 aliphatic rings. The number of nitrogens with one attached hydrogen (secondary N) is 1. The Labute approximate surface area is 178 Å². The SMILES string of the molecule is COc1ccc2nc(N3CCN(CCNC(=O)c4cccs4)CC3)sc2c1.Cl. The van der Waals surface area contributed by atoms with Gasteiger partial charge in [-0.2, -0.15) is 0 Å². The van der Waals surface area contributed by atoms with E-state index in [0.717, 1.165) is 58.7 Å². The lowest BCUT2D eigenvalue weighted by molar-refractivity contribution is 0.0952. The first-order valence-electron chi connectivity index (χ1n) is 8.96. The lowest BCUT2D eigenvalue weighted by Crippen LogP contribution is -2.48. The number of thiazole rings is 1. The predicted octanol–water partition coefficient (Wildman–Crippen LogP) is 3.34. The molecule has 0 saturated carbocycles. The van der Waals surface area contributed by atoms with Gasteiger partial charge in [-0.05, 0) is 29.6 Å². The Hall–Kier alpha value is -1.87. The van der Waals surface area contributed by atoms with Crippen molar-refractivity contribution in [2.45, 2.75) is 0 Å². The lowest BCUT2D eigenvalue weighted by atomic mass is 10.3. The molecule has 0 bridgehead atoms. The highest BCUT2D eigenvalue weighted by molar-refractivity contribution is 7.22. The Balaban J connectivity index is 0.00000225. The summed E-state index contributed by atoms with van der Waals surface area (Å²) in [6.07, 6.45) is 0. The van der Waals surface area contributed by atoms with Crippen molar-refractivity contribution in [3.63, 3.8) is 0 Å². The van der Waals surface area contributed by atoms with Gasteiger partial charge in [0, 0.05) is 39.3 Å². The van der Waals surface area contributed by atoms with Crippen molar-refractivity contribution in [1.82, 2.24) is 15.2 Å². The molecule has 0 spiro atoms. The van der Waals surface area contributed by atoms with Crippen LogP contribution in [0, 0.1) is 0 Å². The number of anilines is 1. The standard InChI is InChI=1S/C19H22N4O2S2.ClH/c1-25-14-4-5-15-17(13-14)27-19(21-15)23-10-8-22(9-11-23)7-6-20-18(24)16-3-2-12-26-16;/h2-5,12-13H,6-11H2,1H3,(H,20,24);1H. The molecule has 3 heterocycles. The summed E-state index contributed by atoms with van der Waals surface area (Å²) in [5.41, 5.74) is 1.02. The molecule has 1 aromatic carbocycles. The number of ether oxygens (including phenoxy) is 1. The number of amides is 1. The normalized spacial score (nSPS) is 14.7. The van der Waals surface area contributed by atoms with E-state index >= 15 is 0 Å². The van der Waals surface area contributed by atoms with Gasteiger partial charge in [0.2, 0.25) is 0 Å². The van der Waals surface area contributed by atoms with Crippen LogP contribution >= 0.6 is 35.1 Å². The Morgan fingerprint density at radius 2 is 2.07 bits per heavy atom. The number of rotatable bonds is 6. The van der Waals surface area contributed by atoms with Crippen LogP contribution in [0.3, 0.4) is 0 Å². The molecule has 3 aromatic rings. The number of fused-ring (bicyclic) bond motifs is 1. The third kappa shape index (κ3) is 4.75. The van der Waals surface area contributed by atoms with Crippen molar-refractivity contribution >= 4 is 56.3 Å². The maximum atomic E-state index is 12.0. The summed E-state index contributed by atoms with van der Waals surface area (Å²) in [6, 6.07) is 9.77. The minimum atomic E-state index is 0. The van der Waals surface area contributed by atoms with Crippen LogP contribution in [0.2, 0.25) is 0 Å². The molecule has 0 aliphatic carbocycles. The minimum Gasteiger partial charge on any atom is -0.497 e. The first-order valence-corrected chi connectivity index (χ1v) is 10.7. The third-order valence-corrected chi connectivity index (χ3v) is 6.63. The first-order chi connectivity index (χ1) is 13.2. The number of methoxy groups -OCH3 is 1. The van der Waals surface area contributed by atoms with E-state index in [1.165, 1.54) is 11.3 Å². The maximum absolute atomic E-state index is 12.0. The van der Waals surface area contributed by atoms with E-state index in [1.54, 1.807) is 18.4 Å². The van der Waals surface area contributed by atoms with Gasteiger partial charge < -0.3 is 15.0 Å². The molecule has 150 valence electrons. The zero-order valence-corrected chi connectivity index (χ0v) is 18.0. The molecule has 1 amide bonds. The molecule has 2 aromatic heterocycles. The van der Waals surface area contributed by atoms with Gasteiger partial charge in [0.25, 0.3) is 5.91 Å². The molecule has 6 nitrogen and oxygen atoms in total. The average Bonchev–Trinajstić information content (AvgIpc) is 3.37. The second-order valence-corrected chi connectivity index (χ2v) is 8.35. The molecule has 9 heteroatoms. The second kappa shape index (κ2) is 9.56. The van der Waals surface area contributed by atoms with Crippen LogP contribution in [0.15, 0.2) is 35.7 Å². The number of hydrogen-bond donors (Lipinski definition) is 1. The largest absolute Gasteiger partial charge is 0.497 e. The van der Waals surface area contributed by atoms with Gasteiger partial charge in [0.15, 0.2) is 5.13 Å². The van der Waals surface area contributed by atoms with Gasteiger partial charge in [0.05, 0.1) is 22.2 Å². The fourth-order valence-electron chi connectivity index (χ4n) is 3.14. The van der Waals surface area contributed by atoms with Crippen LogP contribution in [0.4, 0.5) is 5.13 Å². The number of benzene rings is 1. The fraction of sp³-hybridized carbons (Fsp3) is 0.368. The molecular weight excluding hydrogens is 416 g/mol. The smallest absolute Gasteiger partial charge is 0.261 e. The number of nitrogens with zero attached hydrogens (tertiary/aromatic N) is 3. The molecule has 4 rings (SSSR count). The van der Waals surface area contributed by atoms with Gasteiger partial charge in [0.1, 0.15) is 5.75 Å². The number of thiophene rings is 1. The molecule has 1 aliphatic heterocycles. The molecule has 0 atom stereocenters. The molecule has 1 saturated heterocycles. The van der Waals surface area contributed by atoms with Crippen LogP contribution in [0.25, 0.3) is 10.2 Å². The maximum Gasteiger partial charge on any atom is 0.261 e. The van der Waals surface area contributed by atoms with Crippen molar-refractivity contribution in [3.05, 3.63) is 40.6 Å². The van der Waals surface area contributed by atoms with Gasteiger partial charge in [-0.15, -0.1) is 23.7 Å². The summed E-state index contributed by atoms with van der Waals surface area (Å²) in [4.78, 5) is 22.2. The number of hydrogen-bond acceptors (Lipinski definition) is 7. The zero-order valence-electron chi connectivity index (χ0n) is 15.6. The lowest BCUT2D eigenvalue weighted by Gasteiger charge is -2.34. The van der Waals surface area contributed by atoms with E-state index in [4.69, 9.17) is 9.72 Å². The van der Waals surface area contributed by atoms with Crippen LogP contribution in [-0.2, 0) is 0 Å². The van der Waals surface area contributed by atoms with E-state index in [0.29, 0.717) is 6.54 Å². The molecular formula is C19H23ClN4O2S2. The van der Waals surface area contributed by atoms with E-state index < -0.39 is 0 Å². The molecule has 0 radical (unpaired) electrons. The topological polar surface area (TPSA) is 57.7 Å². The van der Waals surface area contributed by atoms with Crippen molar-refractivity contribution < 1.29 is 9.53 Å². The van der Waals surface area contributed by atoms with Gasteiger partial charge in [-0.3, -0.25) is 9.69 Å². The van der Waals surface area contributed by atoms with Crippen molar-refractivity contribution in [1.29, 1.82) is 0 Å². The van der Waals surface area contributed by atoms with E-state index in [9.17, 15) is 4.79 Å². The van der Waals surface area contributed by atoms with Gasteiger partial charge >= 0.3 is 0 Å². The molecule has 28 heavy (non-hydrogen) atoms.